The number of aliphatic hydroxyl groups excluding tert-OH is 2. The highest BCUT2D eigenvalue weighted by atomic mass is 16.4. The Labute approximate surface area is 172 Å². The first kappa shape index (κ1) is 19.8. The van der Waals surface area contributed by atoms with Gasteiger partial charge in [-0.2, -0.15) is 0 Å². The van der Waals surface area contributed by atoms with E-state index in [1.165, 1.54) is 6.07 Å². The van der Waals surface area contributed by atoms with Crippen molar-refractivity contribution in [2.45, 2.75) is 88.9 Å². The summed E-state index contributed by atoms with van der Waals surface area (Å²) in [5.41, 5.74) is -0.681. The molecular weight excluding hydrogens is 368 g/mol. The van der Waals surface area contributed by atoms with E-state index in [-0.39, 0.29) is 34.9 Å². The minimum atomic E-state index is -0.818. The first-order valence-electron chi connectivity index (χ1n) is 11.4. The van der Waals surface area contributed by atoms with Gasteiger partial charge in [-0.25, -0.2) is 4.79 Å². The molecule has 0 unspecified atom stereocenters. The Hall–Kier alpha value is -1.17. The fourth-order valence-corrected chi connectivity index (χ4v) is 8.41. The summed E-state index contributed by atoms with van der Waals surface area (Å²) in [7, 11) is 0. The molecule has 9 atom stereocenters. The van der Waals surface area contributed by atoms with E-state index in [4.69, 9.17) is 4.42 Å². The molecule has 1 aromatic heterocycles. The molecular formula is C24H34O5. The highest BCUT2D eigenvalue weighted by Crippen LogP contribution is 2.70. The van der Waals surface area contributed by atoms with Crippen LogP contribution in [0, 0.1) is 28.6 Å². The van der Waals surface area contributed by atoms with Crippen molar-refractivity contribution in [1.82, 2.24) is 0 Å². The lowest BCUT2D eigenvalue weighted by Crippen LogP contribution is -2.66. The molecule has 3 N–H and O–H groups in total. The highest BCUT2D eigenvalue weighted by molar-refractivity contribution is 5.28. The lowest BCUT2D eigenvalue weighted by Gasteiger charge is -2.65. The molecule has 0 spiro atoms. The second-order valence-electron chi connectivity index (χ2n) is 10.9. The first-order chi connectivity index (χ1) is 13.7. The number of hydrogen-bond acceptors (Lipinski definition) is 5. The van der Waals surface area contributed by atoms with E-state index in [1.807, 2.05) is 6.07 Å². The molecule has 1 heterocycles. The molecule has 0 saturated heterocycles. The molecule has 5 rings (SSSR count). The van der Waals surface area contributed by atoms with E-state index in [2.05, 4.69) is 13.8 Å². The van der Waals surface area contributed by atoms with Gasteiger partial charge in [0.2, 0.25) is 0 Å². The van der Waals surface area contributed by atoms with Gasteiger partial charge in [-0.15, -0.1) is 0 Å². The SMILES string of the molecule is C[C@]12CC[C@H](O)C[C@H]1CC[C@@H]1[C@H]2[C@H](O)C[C@]2(C)[C@@H](c3ccc(=O)oc3)CC[C@]12O. The topological polar surface area (TPSA) is 90.9 Å². The summed E-state index contributed by atoms with van der Waals surface area (Å²) in [4.78, 5) is 11.4. The highest BCUT2D eigenvalue weighted by Gasteiger charge is 2.69. The molecule has 0 radical (unpaired) electrons. The van der Waals surface area contributed by atoms with Crippen LogP contribution in [-0.2, 0) is 0 Å². The van der Waals surface area contributed by atoms with Crippen molar-refractivity contribution in [3.8, 4) is 0 Å². The smallest absolute Gasteiger partial charge is 0.335 e. The summed E-state index contributed by atoms with van der Waals surface area (Å²) in [5, 5.41) is 33.8. The van der Waals surface area contributed by atoms with E-state index in [0.717, 1.165) is 50.5 Å². The van der Waals surface area contributed by atoms with E-state index in [1.54, 1.807) is 6.26 Å². The van der Waals surface area contributed by atoms with E-state index in [0.29, 0.717) is 12.3 Å². The normalized spacial score (nSPS) is 51.8. The van der Waals surface area contributed by atoms with Gasteiger partial charge in [0, 0.05) is 11.5 Å². The number of fused-ring (bicyclic) bond motifs is 5. The molecule has 160 valence electrons. The summed E-state index contributed by atoms with van der Waals surface area (Å²) in [5.74, 6) is 0.662. The molecule has 29 heavy (non-hydrogen) atoms. The average molecular weight is 403 g/mol. The average Bonchev–Trinajstić information content (AvgIpc) is 2.94. The molecule has 1 aromatic rings. The van der Waals surface area contributed by atoms with Crippen molar-refractivity contribution in [3.05, 3.63) is 34.4 Å². The number of aliphatic hydroxyl groups is 3. The van der Waals surface area contributed by atoms with Gasteiger partial charge in [-0.1, -0.05) is 13.8 Å². The summed E-state index contributed by atoms with van der Waals surface area (Å²) in [6.45, 7) is 4.43. The van der Waals surface area contributed by atoms with Gasteiger partial charge >= 0.3 is 5.63 Å². The second kappa shape index (κ2) is 6.41. The van der Waals surface area contributed by atoms with Crippen LogP contribution >= 0.6 is 0 Å². The molecule has 0 bridgehead atoms. The maximum Gasteiger partial charge on any atom is 0.335 e. The second-order valence-corrected chi connectivity index (χ2v) is 10.9. The molecule has 5 heteroatoms. The van der Waals surface area contributed by atoms with Crippen LogP contribution in [0.5, 0.6) is 0 Å². The molecule has 4 saturated carbocycles. The van der Waals surface area contributed by atoms with E-state index >= 15 is 0 Å². The zero-order chi connectivity index (χ0) is 20.6. The van der Waals surface area contributed by atoms with Crippen LogP contribution in [0.3, 0.4) is 0 Å². The third kappa shape index (κ3) is 2.60. The summed E-state index contributed by atoms with van der Waals surface area (Å²) >= 11 is 0. The largest absolute Gasteiger partial charge is 0.431 e. The van der Waals surface area contributed by atoms with Crippen molar-refractivity contribution in [3.63, 3.8) is 0 Å². The quantitative estimate of drug-likeness (QED) is 0.671. The molecule has 0 amide bonds. The van der Waals surface area contributed by atoms with Gasteiger partial charge < -0.3 is 19.7 Å². The Bertz CT molecular complexity index is 829. The number of rotatable bonds is 1. The first-order valence-corrected chi connectivity index (χ1v) is 11.4. The minimum absolute atomic E-state index is 0.0176. The van der Waals surface area contributed by atoms with Crippen molar-refractivity contribution in [1.29, 1.82) is 0 Å². The predicted molar refractivity (Wildman–Crippen MR) is 108 cm³/mol. The van der Waals surface area contributed by atoms with Gasteiger partial charge in [0.1, 0.15) is 0 Å². The Morgan fingerprint density at radius 3 is 2.59 bits per heavy atom. The van der Waals surface area contributed by atoms with E-state index < -0.39 is 17.1 Å². The summed E-state index contributed by atoms with van der Waals surface area (Å²) < 4.78 is 5.14. The van der Waals surface area contributed by atoms with Crippen LogP contribution < -0.4 is 5.63 Å². The maximum atomic E-state index is 12.2. The van der Waals surface area contributed by atoms with Crippen LogP contribution in [0.2, 0.25) is 0 Å². The van der Waals surface area contributed by atoms with Gasteiger partial charge in [-0.3, -0.25) is 0 Å². The minimum Gasteiger partial charge on any atom is -0.431 e. The molecule has 0 aromatic carbocycles. The van der Waals surface area contributed by atoms with Crippen LogP contribution in [0.1, 0.15) is 76.7 Å². The number of hydrogen-bond donors (Lipinski definition) is 3. The van der Waals surface area contributed by atoms with Crippen LogP contribution in [0.4, 0.5) is 0 Å². The van der Waals surface area contributed by atoms with Crippen LogP contribution in [-0.4, -0.2) is 33.1 Å². The Morgan fingerprint density at radius 2 is 1.86 bits per heavy atom. The fraction of sp³-hybridized carbons (Fsp3) is 0.792. The van der Waals surface area contributed by atoms with Gasteiger partial charge in [0.05, 0.1) is 24.1 Å². The third-order valence-corrected chi connectivity index (χ3v) is 9.89. The molecule has 5 nitrogen and oxygen atoms in total. The molecule has 4 fully saturated rings. The Morgan fingerprint density at radius 1 is 1.07 bits per heavy atom. The summed E-state index contributed by atoms with van der Waals surface area (Å²) in [6, 6.07) is 3.28. The molecule has 4 aliphatic rings. The maximum absolute atomic E-state index is 12.2. The van der Waals surface area contributed by atoms with Crippen molar-refractivity contribution >= 4 is 0 Å². The van der Waals surface area contributed by atoms with Gasteiger partial charge in [-0.05, 0) is 92.1 Å². The predicted octanol–water partition coefficient (Wildman–Crippen LogP) is 3.21. The van der Waals surface area contributed by atoms with Gasteiger partial charge in [0.25, 0.3) is 0 Å². The van der Waals surface area contributed by atoms with Crippen molar-refractivity contribution < 1.29 is 19.7 Å². The molecule has 0 aliphatic heterocycles. The lowest BCUT2D eigenvalue weighted by molar-refractivity contribution is -0.239. The zero-order valence-electron chi connectivity index (χ0n) is 17.5. The lowest BCUT2D eigenvalue weighted by atomic mass is 9.42. The third-order valence-electron chi connectivity index (χ3n) is 9.89. The molecule has 4 aliphatic carbocycles. The van der Waals surface area contributed by atoms with Crippen molar-refractivity contribution in [2.75, 3.05) is 0 Å². The zero-order valence-corrected chi connectivity index (χ0v) is 17.5. The van der Waals surface area contributed by atoms with E-state index in [9.17, 15) is 20.1 Å². The fourth-order valence-electron chi connectivity index (χ4n) is 8.41. The Balaban J connectivity index is 1.52. The standard InChI is InChI=1S/C24H34O5/c1-22-9-7-16(25)11-15(22)4-5-18-21(22)19(26)12-23(2)17(8-10-24(18,23)28)14-3-6-20(27)29-13-14/h3,6,13,15-19,21,25-26,28H,4-5,7-12H2,1-2H3/t15-,16+,17-,18-,19-,21+,22+,23-,24+/m1/s1. The van der Waals surface area contributed by atoms with Gasteiger partial charge in [0.15, 0.2) is 0 Å². The summed E-state index contributed by atoms with van der Waals surface area (Å²) in [6.07, 6.45) is 7.49. The van der Waals surface area contributed by atoms with Crippen LogP contribution in [0.15, 0.2) is 27.6 Å². The Kier molecular flexibility index (Phi) is 4.37. The van der Waals surface area contributed by atoms with Crippen LogP contribution in [0.25, 0.3) is 0 Å². The monoisotopic (exact) mass is 402 g/mol. The van der Waals surface area contributed by atoms with Crippen molar-refractivity contribution in [2.24, 2.45) is 28.6 Å².